The van der Waals surface area contributed by atoms with Crippen molar-refractivity contribution in [2.45, 2.75) is 124 Å². The molecule has 1 unspecified atom stereocenters. The lowest BCUT2D eigenvalue weighted by atomic mass is 10.1. The van der Waals surface area contributed by atoms with Crippen LogP contribution in [-0.4, -0.2) is 26.9 Å². The third-order valence-corrected chi connectivity index (χ3v) is 8.03. The summed E-state index contributed by atoms with van der Waals surface area (Å²) < 4.78 is 1.76. The van der Waals surface area contributed by atoms with Gasteiger partial charge in [0.1, 0.15) is 5.82 Å². The summed E-state index contributed by atoms with van der Waals surface area (Å²) in [5.41, 5.74) is 2.64. The molecule has 218 valence electrons. The molecule has 0 spiro atoms. The number of hydrogen-bond donors (Lipinski definition) is 0. The smallest absolute Gasteiger partial charge is 0.266 e. The van der Waals surface area contributed by atoms with Crippen molar-refractivity contribution in [1.82, 2.24) is 14.5 Å². The zero-order valence-electron chi connectivity index (χ0n) is 25.5. The van der Waals surface area contributed by atoms with Crippen molar-refractivity contribution in [3.8, 4) is 5.69 Å². The number of carbonyl (C=O) groups excluding carboxylic acids is 1. The summed E-state index contributed by atoms with van der Waals surface area (Å²) in [5, 5.41) is 0.601. The van der Waals surface area contributed by atoms with Crippen LogP contribution >= 0.6 is 0 Å². The van der Waals surface area contributed by atoms with Gasteiger partial charge in [-0.2, -0.15) is 0 Å². The van der Waals surface area contributed by atoms with Crippen LogP contribution in [-0.2, 0) is 11.2 Å². The molecule has 5 nitrogen and oxygen atoms in total. The van der Waals surface area contributed by atoms with E-state index in [9.17, 15) is 9.59 Å². The minimum atomic E-state index is -0.262. The Balaban J connectivity index is 1.97. The van der Waals surface area contributed by atoms with Crippen molar-refractivity contribution >= 4 is 16.8 Å². The molecule has 2 aromatic carbocycles. The van der Waals surface area contributed by atoms with Crippen LogP contribution in [0.4, 0.5) is 0 Å². The highest BCUT2D eigenvalue weighted by molar-refractivity contribution is 5.79. The standard InChI is InChI=1S/C35H51N3O2/c1-5-9-11-13-14-15-16-22-33(39)37(27-19-12-10-6-2)32(8-4)34-36-31-21-18-17-20-30(31)35(40)38(34)29-25-23-28(7-3)24-26-29/h17-18,20-21,23-26,32H,5-16,19,22,27H2,1-4H3. The van der Waals surface area contributed by atoms with Crippen molar-refractivity contribution in [2.24, 2.45) is 0 Å². The van der Waals surface area contributed by atoms with E-state index in [4.69, 9.17) is 4.98 Å². The first-order chi connectivity index (χ1) is 19.5. The van der Waals surface area contributed by atoms with Gasteiger partial charge in [-0.05, 0) is 55.5 Å². The summed E-state index contributed by atoms with van der Waals surface area (Å²) in [7, 11) is 0. The summed E-state index contributed by atoms with van der Waals surface area (Å²) in [4.78, 5) is 34.9. The molecule has 0 saturated heterocycles. The van der Waals surface area contributed by atoms with E-state index in [0.29, 0.717) is 36.1 Å². The van der Waals surface area contributed by atoms with E-state index in [1.165, 1.54) is 44.1 Å². The molecule has 0 radical (unpaired) electrons. The number of benzene rings is 2. The highest BCUT2D eigenvalue weighted by Gasteiger charge is 2.28. The van der Waals surface area contributed by atoms with E-state index in [2.05, 4.69) is 39.8 Å². The molecule has 0 aliphatic carbocycles. The molecule has 3 rings (SSSR count). The molecule has 1 heterocycles. The van der Waals surface area contributed by atoms with Crippen LogP contribution in [0, 0.1) is 0 Å². The van der Waals surface area contributed by atoms with Crippen LogP contribution in [0.2, 0.25) is 0 Å². The summed E-state index contributed by atoms with van der Waals surface area (Å²) in [5.74, 6) is 0.853. The summed E-state index contributed by atoms with van der Waals surface area (Å²) >= 11 is 0. The third kappa shape index (κ3) is 8.52. The van der Waals surface area contributed by atoms with Gasteiger partial charge in [0.05, 0.1) is 22.6 Å². The Morgan fingerprint density at radius 1 is 0.800 bits per heavy atom. The monoisotopic (exact) mass is 545 g/mol. The fourth-order valence-corrected chi connectivity index (χ4v) is 5.59. The van der Waals surface area contributed by atoms with Crippen LogP contribution in [0.1, 0.15) is 129 Å². The number of amides is 1. The molecule has 1 aromatic heterocycles. The minimum Gasteiger partial charge on any atom is -0.333 e. The average Bonchev–Trinajstić information content (AvgIpc) is 2.98. The number of fused-ring (bicyclic) bond motifs is 1. The molecule has 5 heteroatoms. The van der Waals surface area contributed by atoms with E-state index in [-0.39, 0.29) is 17.5 Å². The Bertz CT molecular complexity index is 1230. The molecule has 3 aromatic rings. The summed E-state index contributed by atoms with van der Waals surface area (Å²) in [6.07, 6.45) is 14.9. The predicted molar refractivity (Wildman–Crippen MR) is 168 cm³/mol. The topological polar surface area (TPSA) is 55.2 Å². The molecule has 1 atom stereocenters. The van der Waals surface area contributed by atoms with E-state index < -0.39 is 0 Å². The molecule has 0 bridgehead atoms. The van der Waals surface area contributed by atoms with Crippen molar-refractivity contribution in [2.75, 3.05) is 6.54 Å². The number of nitrogens with zero attached hydrogens (tertiary/aromatic N) is 3. The molecule has 0 saturated carbocycles. The predicted octanol–water partition coefficient (Wildman–Crippen LogP) is 8.95. The number of unbranched alkanes of at least 4 members (excludes halogenated alkanes) is 9. The fourth-order valence-electron chi connectivity index (χ4n) is 5.59. The van der Waals surface area contributed by atoms with E-state index in [0.717, 1.165) is 44.2 Å². The summed E-state index contributed by atoms with van der Waals surface area (Å²) in [6, 6.07) is 15.5. The van der Waals surface area contributed by atoms with Crippen molar-refractivity contribution < 1.29 is 4.79 Å². The molecule has 0 N–H and O–H groups in total. The van der Waals surface area contributed by atoms with E-state index in [1.807, 2.05) is 41.3 Å². The van der Waals surface area contributed by atoms with E-state index in [1.54, 1.807) is 4.57 Å². The first-order valence-electron chi connectivity index (χ1n) is 16.0. The first-order valence-corrected chi connectivity index (χ1v) is 16.0. The Morgan fingerprint density at radius 2 is 1.43 bits per heavy atom. The number of hydrogen-bond acceptors (Lipinski definition) is 3. The molecule has 40 heavy (non-hydrogen) atoms. The van der Waals surface area contributed by atoms with Gasteiger partial charge in [-0.3, -0.25) is 14.2 Å². The molecule has 0 fully saturated rings. The first kappa shape index (κ1) is 31.6. The third-order valence-electron chi connectivity index (χ3n) is 8.03. The summed E-state index contributed by atoms with van der Waals surface area (Å²) in [6.45, 7) is 9.38. The quantitative estimate of drug-likeness (QED) is 0.150. The SMILES string of the molecule is CCCCCCCCCC(=O)N(CCCCCC)C(CC)c1nc2ccccc2c(=O)n1-c1ccc(CC)cc1. The second-order valence-electron chi connectivity index (χ2n) is 11.1. The maximum absolute atomic E-state index is 14.0. The van der Waals surface area contributed by atoms with Crippen molar-refractivity contribution in [1.29, 1.82) is 0 Å². The van der Waals surface area contributed by atoms with Gasteiger partial charge >= 0.3 is 0 Å². The van der Waals surface area contributed by atoms with Crippen LogP contribution in [0.5, 0.6) is 0 Å². The van der Waals surface area contributed by atoms with Gasteiger partial charge in [-0.1, -0.05) is 110 Å². The lowest BCUT2D eigenvalue weighted by Crippen LogP contribution is -2.39. The Labute approximate surface area is 242 Å². The van der Waals surface area contributed by atoms with Gasteiger partial charge in [0, 0.05) is 13.0 Å². The van der Waals surface area contributed by atoms with Crippen LogP contribution < -0.4 is 5.56 Å². The van der Waals surface area contributed by atoms with Gasteiger partial charge in [0.25, 0.3) is 5.56 Å². The minimum absolute atomic E-state index is 0.0752. The van der Waals surface area contributed by atoms with Crippen LogP contribution in [0.25, 0.3) is 16.6 Å². The molecular formula is C35H51N3O2. The van der Waals surface area contributed by atoms with Gasteiger partial charge in [0.15, 0.2) is 0 Å². The number of carbonyl (C=O) groups is 1. The molecule has 0 aliphatic heterocycles. The van der Waals surface area contributed by atoms with Gasteiger partial charge < -0.3 is 4.90 Å². The maximum Gasteiger partial charge on any atom is 0.266 e. The largest absolute Gasteiger partial charge is 0.333 e. The zero-order valence-corrected chi connectivity index (χ0v) is 25.5. The molecule has 0 aliphatic rings. The van der Waals surface area contributed by atoms with Crippen molar-refractivity contribution in [3.05, 3.63) is 70.3 Å². The Kier molecular flexibility index (Phi) is 13.4. The zero-order chi connectivity index (χ0) is 28.7. The lowest BCUT2D eigenvalue weighted by Gasteiger charge is -2.32. The Morgan fingerprint density at radius 3 is 2.08 bits per heavy atom. The Hall–Kier alpha value is -2.95. The van der Waals surface area contributed by atoms with Gasteiger partial charge in [-0.15, -0.1) is 0 Å². The second-order valence-corrected chi connectivity index (χ2v) is 11.1. The highest BCUT2D eigenvalue weighted by atomic mass is 16.2. The van der Waals surface area contributed by atoms with Crippen LogP contribution in [0.15, 0.2) is 53.3 Å². The molecular weight excluding hydrogens is 494 g/mol. The number of rotatable bonds is 18. The highest BCUT2D eigenvalue weighted by Crippen LogP contribution is 2.28. The number of para-hydroxylation sites is 1. The number of aryl methyl sites for hydroxylation is 1. The lowest BCUT2D eigenvalue weighted by molar-refractivity contribution is -0.134. The molecule has 1 amide bonds. The van der Waals surface area contributed by atoms with Gasteiger partial charge in [0.2, 0.25) is 5.91 Å². The number of aromatic nitrogens is 2. The normalized spacial score (nSPS) is 12.1. The van der Waals surface area contributed by atoms with E-state index >= 15 is 0 Å². The van der Waals surface area contributed by atoms with Crippen molar-refractivity contribution in [3.63, 3.8) is 0 Å². The van der Waals surface area contributed by atoms with Gasteiger partial charge in [-0.25, -0.2) is 4.98 Å². The maximum atomic E-state index is 14.0. The fraction of sp³-hybridized carbons (Fsp3) is 0.571. The van der Waals surface area contributed by atoms with Crippen LogP contribution in [0.3, 0.4) is 0 Å². The average molecular weight is 546 g/mol. The second kappa shape index (κ2) is 17.0.